The van der Waals surface area contributed by atoms with Gasteiger partial charge in [0, 0.05) is 29.2 Å². The van der Waals surface area contributed by atoms with E-state index in [0.29, 0.717) is 10.9 Å². The Morgan fingerprint density at radius 2 is 2.07 bits per heavy atom. The second kappa shape index (κ2) is 7.48. The lowest BCUT2D eigenvalue weighted by molar-refractivity contribution is -0.121. The average Bonchev–Trinajstić information content (AvgIpc) is 2.99. The number of aromatic carboxylic acids is 1. The molecule has 3 rings (SSSR count). The highest BCUT2D eigenvalue weighted by Crippen LogP contribution is 2.23. The van der Waals surface area contributed by atoms with Crippen LogP contribution in [-0.4, -0.2) is 21.6 Å². The van der Waals surface area contributed by atoms with Crippen LogP contribution in [0.5, 0.6) is 0 Å². The maximum Gasteiger partial charge on any atom is 0.335 e. The van der Waals surface area contributed by atoms with Crippen molar-refractivity contribution in [2.24, 2.45) is 0 Å². The van der Waals surface area contributed by atoms with Crippen LogP contribution in [0.25, 0.3) is 10.9 Å². The SMILES string of the molecule is N#Cc1cn(CC(=O)NCc2cccc(Cl)c2F)c2ccc(C(=O)O)cc12. The topological polar surface area (TPSA) is 95.1 Å². The lowest BCUT2D eigenvalue weighted by atomic mass is 10.1. The van der Waals surface area contributed by atoms with Crippen LogP contribution in [0.15, 0.2) is 42.6 Å². The van der Waals surface area contributed by atoms with Crippen molar-refractivity contribution >= 4 is 34.4 Å². The van der Waals surface area contributed by atoms with Crippen molar-refractivity contribution in [3.63, 3.8) is 0 Å². The number of carbonyl (C=O) groups excluding carboxylic acids is 1. The molecule has 0 saturated carbocycles. The first-order valence-electron chi connectivity index (χ1n) is 7.86. The number of hydrogen-bond donors (Lipinski definition) is 2. The highest BCUT2D eigenvalue weighted by molar-refractivity contribution is 6.30. The molecule has 0 aliphatic carbocycles. The summed E-state index contributed by atoms with van der Waals surface area (Å²) in [4.78, 5) is 23.3. The van der Waals surface area contributed by atoms with Gasteiger partial charge in [-0.15, -0.1) is 0 Å². The summed E-state index contributed by atoms with van der Waals surface area (Å²) in [6.45, 7) is -0.133. The molecule has 0 atom stereocenters. The van der Waals surface area contributed by atoms with Gasteiger partial charge in [-0.2, -0.15) is 5.26 Å². The summed E-state index contributed by atoms with van der Waals surface area (Å²) in [5, 5.41) is 21.4. The minimum absolute atomic E-state index is 0.0222. The molecule has 0 saturated heterocycles. The first kappa shape index (κ1) is 18.4. The third-order valence-corrected chi connectivity index (χ3v) is 4.36. The number of nitrogens with one attached hydrogen (secondary N) is 1. The van der Waals surface area contributed by atoms with E-state index >= 15 is 0 Å². The van der Waals surface area contributed by atoms with E-state index < -0.39 is 17.7 Å². The monoisotopic (exact) mass is 385 g/mol. The normalized spacial score (nSPS) is 10.6. The number of halogens is 2. The van der Waals surface area contributed by atoms with Crippen LogP contribution in [0.1, 0.15) is 21.5 Å². The first-order chi connectivity index (χ1) is 12.9. The molecule has 0 radical (unpaired) electrons. The molecule has 0 fully saturated rings. The molecule has 27 heavy (non-hydrogen) atoms. The van der Waals surface area contributed by atoms with E-state index in [1.807, 2.05) is 6.07 Å². The summed E-state index contributed by atoms with van der Waals surface area (Å²) < 4.78 is 15.4. The number of aromatic nitrogens is 1. The Kier molecular flexibility index (Phi) is 5.10. The average molecular weight is 386 g/mol. The summed E-state index contributed by atoms with van der Waals surface area (Å²) in [6.07, 6.45) is 1.48. The lowest BCUT2D eigenvalue weighted by Gasteiger charge is -2.09. The Labute approximate surface area is 158 Å². The highest BCUT2D eigenvalue weighted by Gasteiger charge is 2.14. The van der Waals surface area contributed by atoms with Crippen LogP contribution in [-0.2, 0) is 17.9 Å². The van der Waals surface area contributed by atoms with E-state index in [9.17, 15) is 19.2 Å². The fraction of sp³-hybridized carbons (Fsp3) is 0.105. The number of nitriles is 1. The summed E-state index contributed by atoms with van der Waals surface area (Å²) in [5.41, 5.74) is 1.14. The van der Waals surface area contributed by atoms with Gasteiger partial charge in [0.2, 0.25) is 5.91 Å². The fourth-order valence-corrected chi connectivity index (χ4v) is 2.93. The second-order valence-electron chi connectivity index (χ2n) is 5.81. The van der Waals surface area contributed by atoms with Crippen molar-refractivity contribution in [1.29, 1.82) is 5.26 Å². The Morgan fingerprint density at radius 1 is 1.30 bits per heavy atom. The van der Waals surface area contributed by atoms with E-state index in [0.717, 1.165) is 0 Å². The van der Waals surface area contributed by atoms with E-state index in [1.54, 1.807) is 16.7 Å². The third-order valence-electron chi connectivity index (χ3n) is 4.07. The van der Waals surface area contributed by atoms with Crippen molar-refractivity contribution in [1.82, 2.24) is 9.88 Å². The Balaban J connectivity index is 1.80. The number of rotatable bonds is 5. The van der Waals surface area contributed by atoms with Gasteiger partial charge in [0.15, 0.2) is 0 Å². The predicted molar refractivity (Wildman–Crippen MR) is 96.9 cm³/mol. The summed E-state index contributed by atoms with van der Waals surface area (Å²) >= 11 is 5.71. The number of carboxylic acid groups (broad SMARTS) is 1. The van der Waals surface area contributed by atoms with E-state index in [-0.39, 0.29) is 34.8 Å². The number of carbonyl (C=O) groups is 2. The van der Waals surface area contributed by atoms with Crippen LogP contribution >= 0.6 is 11.6 Å². The van der Waals surface area contributed by atoms with Gasteiger partial charge in [-0.25, -0.2) is 9.18 Å². The van der Waals surface area contributed by atoms with Gasteiger partial charge in [-0.1, -0.05) is 23.7 Å². The molecule has 8 heteroatoms. The molecule has 2 N–H and O–H groups in total. The summed E-state index contributed by atoms with van der Waals surface area (Å²) in [5.74, 6) is -2.08. The van der Waals surface area contributed by atoms with Crippen molar-refractivity contribution in [3.8, 4) is 6.07 Å². The zero-order chi connectivity index (χ0) is 19.6. The highest BCUT2D eigenvalue weighted by atomic mass is 35.5. The molecule has 1 heterocycles. The number of benzene rings is 2. The maximum atomic E-state index is 13.9. The van der Waals surface area contributed by atoms with Gasteiger partial charge in [-0.05, 0) is 24.3 Å². The molecule has 3 aromatic rings. The van der Waals surface area contributed by atoms with Crippen LogP contribution in [0.3, 0.4) is 0 Å². The van der Waals surface area contributed by atoms with Crippen LogP contribution in [0.4, 0.5) is 4.39 Å². The Hall–Kier alpha value is -3.37. The minimum atomic E-state index is -1.10. The van der Waals surface area contributed by atoms with Crippen molar-refractivity contribution in [2.45, 2.75) is 13.1 Å². The third kappa shape index (κ3) is 3.76. The van der Waals surface area contributed by atoms with Gasteiger partial charge in [0.1, 0.15) is 18.4 Å². The van der Waals surface area contributed by atoms with E-state index in [2.05, 4.69) is 5.32 Å². The molecular weight excluding hydrogens is 373 g/mol. The number of carboxylic acids is 1. The van der Waals surface area contributed by atoms with Gasteiger partial charge in [0.25, 0.3) is 0 Å². The second-order valence-corrected chi connectivity index (χ2v) is 6.22. The van der Waals surface area contributed by atoms with E-state index in [1.165, 1.54) is 30.5 Å². The minimum Gasteiger partial charge on any atom is -0.478 e. The molecule has 1 amide bonds. The molecule has 0 bridgehead atoms. The number of fused-ring (bicyclic) bond motifs is 1. The van der Waals surface area contributed by atoms with Gasteiger partial charge >= 0.3 is 5.97 Å². The molecule has 6 nitrogen and oxygen atoms in total. The molecule has 0 aliphatic heterocycles. The summed E-state index contributed by atoms with van der Waals surface area (Å²) in [7, 11) is 0. The molecule has 0 spiro atoms. The Bertz CT molecular complexity index is 1100. The van der Waals surface area contributed by atoms with Crippen LogP contribution in [0, 0.1) is 17.1 Å². The first-order valence-corrected chi connectivity index (χ1v) is 8.24. The fourth-order valence-electron chi connectivity index (χ4n) is 2.74. The molecule has 1 aromatic heterocycles. The molecule has 136 valence electrons. The quantitative estimate of drug-likeness (QED) is 0.704. The van der Waals surface area contributed by atoms with Crippen molar-refractivity contribution in [3.05, 3.63) is 70.1 Å². The zero-order valence-corrected chi connectivity index (χ0v) is 14.6. The molecule has 0 aliphatic rings. The molecular formula is C19H13ClFN3O3. The van der Waals surface area contributed by atoms with Crippen molar-refractivity contribution in [2.75, 3.05) is 0 Å². The van der Waals surface area contributed by atoms with Crippen LogP contribution < -0.4 is 5.32 Å². The standard InChI is InChI=1S/C19H13ClFN3O3/c20-15-3-1-2-12(18(15)21)8-23-17(25)10-24-9-13(7-22)14-6-11(19(26)27)4-5-16(14)24/h1-6,9H,8,10H2,(H,23,25)(H,26,27). The summed E-state index contributed by atoms with van der Waals surface area (Å²) in [6, 6.07) is 10.9. The zero-order valence-electron chi connectivity index (χ0n) is 13.9. The van der Waals surface area contributed by atoms with E-state index in [4.69, 9.17) is 16.7 Å². The number of nitrogens with zero attached hydrogens (tertiary/aromatic N) is 2. The predicted octanol–water partition coefficient (Wildman–Crippen LogP) is 3.32. The smallest absolute Gasteiger partial charge is 0.335 e. The van der Waals surface area contributed by atoms with Gasteiger partial charge in [0.05, 0.1) is 16.1 Å². The van der Waals surface area contributed by atoms with Gasteiger partial charge in [-0.3, -0.25) is 4.79 Å². The van der Waals surface area contributed by atoms with Gasteiger partial charge < -0.3 is 15.0 Å². The van der Waals surface area contributed by atoms with Crippen molar-refractivity contribution < 1.29 is 19.1 Å². The molecule has 0 unspecified atom stereocenters. The lowest BCUT2D eigenvalue weighted by Crippen LogP contribution is -2.27. The maximum absolute atomic E-state index is 13.9. The molecule has 2 aromatic carbocycles. The number of hydrogen-bond acceptors (Lipinski definition) is 3. The number of amides is 1. The Morgan fingerprint density at radius 3 is 2.78 bits per heavy atom. The largest absolute Gasteiger partial charge is 0.478 e. The van der Waals surface area contributed by atoms with Crippen LogP contribution in [0.2, 0.25) is 5.02 Å².